The Labute approximate surface area is 231 Å². The summed E-state index contributed by atoms with van der Waals surface area (Å²) in [6, 6.07) is 7.24. The number of aliphatic hydroxyl groups is 1. The van der Waals surface area contributed by atoms with E-state index in [4.69, 9.17) is 25.5 Å². The van der Waals surface area contributed by atoms with Crippen molar-refractivity contribution in [2.24, 2.45) is 5.92 Å². The molecule has 40 heavy (non-hydrogen) atoms. The molecule has 0 unspecified atom stereocenters. The third-order valence-electron chi connectivity index (χ3n) is 7.61. The maximum atomic E-state index is 13.8. The number of nitrogens with zero attached hydrogens (tertiary/aromatic N) is 4. The highest BCUT2D eigenvalue weighted by atomic mass is 35.5. The molecular weight excluding hydrogens is 550 g/mol. The van der Waals surface area contributed by atoms with E-state index in [1.54, 1.807) is 30.3 Å². The molecule has 13 heteroatoms. The number of hydrogen-bond donors (Lipinski definition) is 2. The van der Waals surface area contributed by atoms with Gasteiger partial charge in [-0.05, 0) is 18.2 Å². The van der Waals surface area contributed by atoms with Crippen LogP contribution in [0.5, 0.6) is 5.88 Å². The number of aliphatic carboxylic acids is 1. The van der Waals surface area contributed by atoms with E-state index in [-0.39, 0.29) is 41.7 Å². The number of para-hydroxylation sites is 1. The molecule has 0 aliphatic carbocycles. The summed E-state index contributed by atoms with van der Waals surface area (Å²) < 4.78 is 45.3. The second kappa shape index (κ2) is 10.1. The Bertz CT molecular complexity index is 1600. The number of rotatable bonds is 6. The quantitative estimate of drug-likeness (QED) is 0.333. The molecule has 0 bridgehead atoms. The molecule has 0 radical (unpaired) electrons. The molecule has 2 N–H and O–H groups in total. The molecule has 2 aliphatic heterocycles. The summed E-state index contributed by atoms with van der Waals surface area (Å²) in [5.41, 5.74) is -0.264. The molecule has 3 aromatic heterocycles. The molecule has 4 atom stereocenters. The average Bonchev–Trinajstić information content (AvgIpc) is 3.52. The van der Waals surface area contributed by atoms with Crippen LogP contribution in [0.1, 0.15) is 37.6 Å². The van der Waals surface area contributed by atoms with Gasteiger partial charge >= 0.3 is 5.97 Å². The van der Waals surface area contributed by atoms with Crippen molar-refractivity contribution in [3.05, 3.63) is 52.9 Å². The second-order valence-corrected chi connectivity index (χ2v) is 10.6. The minimum atomic E-state index is -2.99. The molecule has 4 aromatic rings. The summed E-state index contributed by atoms with van der Waals surface area (Å²) in [5, 5.41) is 22.5. The monoisotopic (exact) mass is 574 g/mol. The molecule has 10 nitrogen and oxygen atoms in total. The lowest BCUT2D eigenvalue weighted by molar-refractivity contribution is -0.138. The number of pyridine rings is 1. The Balaban J connectivity index is 1.39. The Hall–Kier alpha value is -3.61. The molecular formula is C27H25ClF2N4O6. The normalized spacial score (nSPS) is 25.2. The van der Waals surface area contributed by atoms with Gasteiger partial charge in [0.05, 0.1) is 18.2 Å². The van der Waals surface area contributed by atoms with Crippen LogP contribution in [0, 0.1) is 5.92 Å². The summed E-state index contributed by atoms with van der Waals surface area (Å²) in [5.74, 6) is -2.16. The predicted molar refractivity (Wildman–Crippen MR) is 140 cm³/mol. The van der Waals surface area contributed by atoms with Crippen molar-refractivity contribution in [3.8, 4) is 5.88 Å². The third-order valence-corrected chi connectivity index (χ3v) is 7.81. The summed E-state index contributed by atoms with van der Waals surface area (Å²) in [7, 11) is 0. The molecule has 0 saturated carbocycles. The number of hydrogen-bond acceptors (Lipinski definition) is 9. The maximum Gasteiger partial charge on any atom is 0.326 e. The number of ether oxygens (including phenoxy) is 2. The van der Waals surface area contributed by atoms with Crippen LogP contribution in [0.15, 0.2) is 40.9 Å². The summed E-state index contributed by atoms with van der Waals surface area (Å²) in [6.07, 6.45) is -2.06. The molecule has 2 fully saturated rings. The molecule has 0 spiro atoms. The lowest BCUT2D eigenvalue weighted by Gasteiger charge is -2.39. The first-order chi connectivity index (χ1) is 19.2. The molecule has 0 amide bonds. The smallest absolute Gasteiger partial charge is 0.326 e. The topological polar surface area (TPSA) is 131 Å². The Kier molecular flexibility index (Phi) is 6.71. The van der Waals surface area contributed by atoms with Gasteiger partial charge in [-0.15, -0.1) is 0 Å². The minimum absolute atomic E-state index is 0.00803. The number of furan rings is 1. The maximum absolute atomic E-state index is 13.8. The Morgan fingerprint density at radius 3 is 2.85 bits per heavy atom. The summed E-state index contributed by atoms with van der Waals surface area (Å²) >= 11 is 6.23. The number of halogens is 3. The zero-order valence-corrected chi connectivity index (χ0v) is 22.0. The van der Waals surface area contributed by atoms with Gasteiger partial charge in [0.2, 0.25) is 5.88 Å². The first-order valence-corrected chi connectivity index (χ1v) is 13.1. The van der Waals surface area contributed by atoms with Crippen LogP contribution in [0.3, 0.4) is 0 Å². The first kappa shape index (κ1) is 26.6. The largest absolute Gasteiger partial charge is 0.480 e. The van der Waals surface area contributed by atoms with Gasteiger partial charge < -0.3 is 29.0 Å². The van der Waals surface area contributed by atoms with Crippen molar-refractivity contribution in [2.45, 2.75) is 43.9 Å². The van der Waals surface area contributed by atoms with Crippen LogP contribution in [-0.4, -0.2) is 63.0 Å². The van der Waals surface area contributed by atoms with Gasteiger partial charge in [-0.25, -0.2) is 28.5 Å². The van der Waals surface area contributed by atoms with Crippen molar-refractivity contribution < 1.29 is 37.7 Å². The van der Waals surface area contributed by atoms with Gasteiger partial charge in [-0.1, -0.05) is 30.7 Å². The minimum Gasteiger partial charge on any atom is -0.480 e. The SMILES string of the molecule is C[C@H]1COCC[C@]1(O)c1cc(Cl)cnc1O[C@H]1C[C@@H](C(=O)O)N(c2nc(C(F)F)nc3c2oc2ccccc23)C1. The van der Waals surface area contributed by atoms with Gasteiger partial charge in [0.1, 0.15) is 28.8 Å². The van der Waals surface area contributed by atoms with Crippen LogP contribution in [-0.2, 0) is 15.1 Å². The van der Waals surface area contributed by atoms with Crippen molar-refractivity contribution in [1.29, 1.82) is 0 Å². The molecule has 5 heterocycles. The fourth-order valence-corrected chi connectivity index (χ4v) is 5.66. The number of benzene rings is 1. The molecule has 210 valence electrons. The van der Waals surface area contributed by atoms with E-state index in [1.807, 2.05) is 6.92 Å². The van der Waals surface area contributed by atoms with E-state index in [2.05, 4.69) is 15.0 Å². The lowest BCUT2D eigenvalue weighted by atomic mass is 9.79. The zero-order chi connectivity index (χ0) is 28.2. The standard InChI is InChI=1S/C27H25ClF2N4O6/c1-13-12-38-7-6-27(13,37)17-8-14(28)10-31-25(17)39-15-9-18(26(35)36)34(11-15)24-21-20(32-23(33-24)22(29)30)16-4-2-3-5-19(16)40-21/h2-5,8,10,13,15,18,22,37H,6-7,9,11-12H2,1H3,(H,35,36)/t13-,15-,18-,27+/m0/s1. The number of alkyl halides is 2. The van der Waals surface area contributed by atoms with Gasteiger partial charge in [0.15, 0.2) is 17.2 Å². The van der Waals surface area contributed by atoms with Crippen molar-refractivity contribution in [1.82, 2.24) is 15.0 Å². The van der Waals surface area contributed by atoms with Crippen LogP contribution in [0.4, 0.5) is 14.6 Å². The van der Waals surface area contributed by atoms with Crippen LogP contribution >= 0.6 is 11.6 Å². The highest BCUT2D eigenvalue weighted by molar-refractivity contribution is 6.30. The number of carboxylic acid groups (broad SMARTS) is 1. The predicted octanol–water partition coefficient (Wildman–Crippen LogP) is 4.72. The molecule has 2 aliphatic rings. The summed E-state index contributed by atoms with van der Waals surface area (Å²) in [4.78, 5) is 26.1. The average molecular weight is 575 g/mol. The number of fused-ring (bicyclic) bond motifs is 3. The van der Waals surface area contributed by atoms with Crippen LogP contribution in [0.2, 0.25) is 5.02 Å². The molecule has 6 rings (SSSR count). The Morgan fingerprint density at radius 1 is 1.30 bits per heavy atom. The fraction of sp³-hybridized carbons (Fsp3) is 0.407. The van der Waals surface area contributed by atoms with Crippen molar-refractivity contribution >= 4 is 45.5 Å². The lowest BCUT2D eigenvalue weighted by Crippen LogP contribution is -2.42. The second-order valence-electron chi connectivity index (χ2n) is 10.1. The van der Waals surface area contributed by atoms with E-state index in [9.17, 15) is 23.8 Å². The number of carbonyl (C=O) groups is 1. The highest BCUT2D eigenvalue weighted by Gasteiger charge is 2.44. The van der Waals surface area contributed by atoms with Crippen LogP contribution < -0.4 is 9.64 Å². The van der Waals surface area contributed by atoms with E-state index in [0.717, 1.165) is 0 Å². The van der Waals surface area contributed by atoms with Gasteiger partial charge in [0, 0.05) is 42.5 Å². The summed E-state index contributed by atoms with van der Waals surface area (Å²) in [6.45, 7) is 2.48. The first-order valence-electron chi connectivity index (χ1n) is 12.7. The molecule has 1 aromatic carbocycles. The number of anilines is 1. The van der Waals surface area contributed by atoms with Gasteiger partial charge in [-0.2, -0.15) is 0 Å². The van der Waals surface area contributed by atoms with E-state index in [0.29, 0.717) is 41.2 Å². The van der Waals surface area contributed by atoms with Gasteiger partial charge in [-0.3, -0.25) is 0 Å². The highest BCUT2D eigenvalue weighted by Crippen LogP contribution is 2.43. The zero-order valence-electron chi connectivity index (χ0n) is 21.3. The van der Waals surface area contributed by atoms with Crippen molar-refractivity contribution in [3.63, 3.8) is 0 Å². The fourth-order valence-electron chi connectivity index (χ4n) is 5.50. The van der Waals surface area contributed by atoms with Crippen LogP contribution in [0.25, 0.3) is 22.1 Å². The molecule has 2 saturated heterocycles. The van der Waals surface area contributed by atoms with Crippen molar-refractivity contribution in [2.75, 3.05) is 24.7 Å². The van der Waals surface area contributed by atoms with E-state index in [1.165, 1.54) is 11.1 Å². The number of aromatic nitrogens is 3. The third kappa shape index (κ3) is 4.49. The van der Waals surface area contributed by atoms with E-state index < -0.39 is 36.0 Å². The Morgan fingerprint density at radius 2 is 2.10 bits per heavy atom. The number of carboxylic acids is 1. The van der Waals surface area contributed by atoms with E-state index >= 15 is 0 Å². The van der Waals surface area contributed by atoms with Gasteiger partial charge in [0.25, 0.3) is 6.43 Å².